The van der Waals surface area contributed by atoms with Gasteiger partial charge in [-0.25, -0.2) is 0 Å². The molecule has 0 aliphatic carbocycles. The summed E-state index contributed by atoms with van der Waals surface area (Å²) in [5.74, 6) is -0.0271. The Hall–Kier alpha value is -2.10. The van der Waals surface area contributed by atoms with Gasteiger partial charge >= 0.3 is 0 Å². The van der Waals surface area contributed by atoms with Crippen LogP contribution in [0, 0.1) is 0 Å². The molecule has 4 nitrogen and oxygen atoms in total. The Morgan fingerprint density at radius 2 is 2.00 bits per heavy atom. The van der Waals surface area contributed by atoms with Gasteiger partial charge in [-0.3, -0.25) is 9.48 Å². The van der Waals surface area contributed by atoms with Crippen molar-refractivity contribution < 1.29 is 4.79 Å². The van der Waals surface area contributed by atoms with Crippen LogP contribution in [0.2, 0.25) is 0 Å². The third-order valence-electron chi connectivity index (χ3n) is 3.55. The summed E-state index contributed by atoms with van der Waals surface area (Å²) in [4.78, 5) is 12.2. The van der Waals surface area contributed by atoms with Gasteiger partial charge in [0.25, 0.3) is 0 Å². The molecule has 1 aromatic carbocycles. The first kappa shape index (κ1) is 14.3. The highest BCUT2D eigenvalue weighted by Crippen LogP contribution is 2.15. The van der Waals surface area contributed by atoms with Crippen LogP contribution in [0.5, 0.6) is 0 Å². The van der Waals surface area contributed by atoms with E-state index in [2.05, 4.69) is 41.6 Å². The smallest absolute Gasteiger partial charge is 0.245 e. The van der Waals surface area contributed by atoms with E-state index in [0.717, 1.165) is 12.0 Å². The molecule has 0 saturated carbocycles. The zero-order valence-electron chi connectivity index (χ0n) is 12.2. The molecule has 0 aliphatic heterocycles. The van der Waals surface area contributed by atoms with Crippen molar-refractivity contribution in [1.82, 2.24) is 15.1 Å². The van der Waals surface area contributed by atoms with Crippen molar-refractivity contribution in [3.8, 4) is 0 Å². The van der Waals surface area contributed by atoms with E-state index in [-0.39, 0.29) is 18.0 Å². The molecule has 0 saturated heterocycles. The zero-order valence-corrected chi connectivity index (χ0v) is 12.2. The molecule has 2 aromatic rings. The summed E-state index contributed by atoms with van der Waals surface area (Å²) in [6.07, 6.45) is 4.50. The van der Waals surface area contributed by atoms with Gasteiger partial charge in [-0.2, -0.15) is 5.10 Å². The molecule has 4 heteroatoms. The average Bonchev–Trinajstić information content (AvgIpc) is 3.00. The van der Waals surface area contributed by atoms with Gasteiger partial charge in [-0.05, 0) is 37.5 Å². The first-order valence-corrected chi connectivity index (χ1v) is 7.00. The molecule has 0 bridgehead atoms. The third kappa shape index (κ3) is 3.26. The molecular weight excluding hydrogens is 250 g/mol. The highest BCUT2D eigenvalue weighted by atomic mass is 16.2. The van der Waals surface area contributed by atoms with Gasteiger partial charge in [0.2, 0.25) is 5.91 Å². The Labute approximate surface area is 119 Å². The minimum Gasteiger partial charge on any atom is -0.348 e. The van der Waals surface area contributed by atoms with Crippen LogP contribution in [0.15, 0.2) is 42.7 Å². The van der Waals surface area contributed by atoms with Gasteiger partial charge in [0.05, 0.1) is 6.04 Å². The molecule has 0 spiro atoms. The molecule has 1 N–H and O–H groups in total. The number of carbonyl (C=O) groups is 1. The third-order valence-corrected chi connectivity index (χ3v) is 3.55. The lowest BCUT2D eigenvalue weighted by atomic mass is 10.0. The molecule has 0 aliphatic rings. The number of rotatable bonds is 5. The van der Waals surface area contributed by atoms with Gasteiger partial charge in [0.1, 0.15) is 6.04 Å². The Bertz CT molecular complexity index is 546. The molecule has 2 atom stereocenters. The fraction of sp³-hybridized carbons (Fsp3) is 0.375. The Balaban J connectivity index is 1.99. The fourth-order valence-electron chi connectivity index (χ4n) is 2.09. The van der Waals surface area contributed by atoms with Gasteiger partial charge in [-0.15, -0.1) is 0 Å². The molecule has 1 aromatic heterocycles. The molecule has 1 heterocycles. The number of aromatic nitrogens is 2. The lowest BCUT2D eigenvalue weighted by molar-refractivity contribution is -0.124. The normalized spacial score (nSPS) is 13.8. The second-order valence-corrected chi connectivity index (χ2v) is 4.99. The monoisotopic (exact) mass is 271 g/mol. The number of hydrogen-bond donors (Lipinski definition) is 1. The van der Waals surface area contributed by atoms with Crippen molar-refractivity contribution in [2.45, 2.75) is 39.3 Å². The van der Waals surface area contributed by atoms with Crippen LogP contribution in [-0.4, -0.2) is 15.7 Å². The van der Waals surface area contributed by atoms with E-state index in [4.69, 9.17) is 0 Å². The molecule has 20 heavy (non-hydrogen) atoms. The van der Waals surface area contributed by atoms with Gasteiger partial charge in [0.15, 0.2) is 0 Å². The molecule has 0 fully saturated rings. The van der Waals surface area contributed by atoms with Crippen molar-refractivity contribution in [3.05, 3.63) is 53.9 Å². The van der Waals surface area contributed by atoms with Crippen molar-refractivity contribution in [3.63, 3.8) is 0 Å². The second-order valence-electron chi connectivity index (χ2n) is 4.99. The Morgan fingerprint density at radius 1 is 1.30 bits per heavy atom. The highest BCUT2D eigenvalue weighted by Gasteiger charge is 2.17. The van der Waals surface area contributed by atoms with E-state index in [1.807, 2.05) is 19.9 Å². The molecule has 0 radical (unpaired) electrons. The topological polar surface area (TPSA) is 46.9 Å². The minimum absolute atomic E-state index is 0.00795. The van der Waals surface area contributed by atoms with E-state index in [9.17, 15) is 4.79 Å². The number of aryl methyl sites for hydroxylation is 1. The predicted molar refractivity (Wildman–Crippen MR) is 79.3 cm³/mol. The summed E-state index contributed by atoms with van der Waals surface area (Å²) in [7, 11) is 0. The maximum Gasteiger partial charge on any atom is 0.245 e. The molecule has 1 amide bonds. The highest BCUT2D eigenvalue weighted by molar-refractivity contribution is 5.80. The van der Waals surface area contributed by atoms with Crippen LogP contribution in [0.3, 0.4) is 0 Å². The van der Waals surface area contributed by atoms with Crippen LogP contribution in [-0.2, 0) is 11.2 Å². The average molecular weight is 271 g/mol. The van der Waals surface area contributed by atoms with Crippen molar-refractivity contribution in [2.24, 2.45) is 0 Å². The van der Waals surface area contributed by atoms with Gasteiger partial charge in [0, 0.05) is 12.4 Å². The summed E-state index contributed by atoms with van der Waals surface area (Å²) in [5.41, 5.74) is 2.42. The Morgan fingerprint density at radius 3 is 2.55 bits per heavy atom. The second kappa shape index (κ2) is 6.37. The van der Waals surface area contributed by atoms with E-state index in [0.29, 0.717) is 0 Å². The van der Waals surface area contributed by atoms with Crippen molar-refractivity contribution in [1.29, 1.82) is 0 Å². The van der Waals surface area contributed by atoms with Crippen LogP contribution < -0.4 is 5.32 Å². The lowest BCUT2D eigenvalue weighted by Gasteiger charge is -2.18. The summed E-state index contributed by atoms with van der Waals surface area (Å²) in [6.45, 7) is 5.97. The number of nitrogens with one attached hydrogen (secondary N) is 1. The Kier molecular flexibility index (Phi) is 4.56. The van der Waals surface area contributed by atoms with Gasteiger partial charge in [-0.1, -0.05) is 31.2 Å². The number of carbonyl (C=O) groups excluding carboxylic acids is 1. The van der Waals surface area contributed by atoms with Crippen molar-refractivity contribution in [2.75, 3.05) is 0 Å². The van der Waals surface area contributed by atoms with Gasteiger partial charge < -0.3 is 5.32 Å². The lowest BCUT2D eigenvalue weighted by Crippen LogP contribution is -2.33. The van der Waals surface area contributed by atoms with E-state index in [1.54, 1.807) is 17.1 Å². The van der Waals surface area contributed by atoms with Crippen LogP contribution in [0.25, 0.3) is 0 Å². The number of amides is 1. The molecule has 2 unspecified atom stereocenters. The number of hydrogen-bond acceptors (Lipinski definition) is 2. The first-order valence-electron chi connectivity index (χ1n) is 7.00. The predicted octanol–water partition coefficient (Wildman–Crippen LogP) is 2.88. The zero-order chi connectivity index (χ0) is 14.5. The maximum atomic E-state index is 12.2. The summed E-state index contributed by atoms with van der Waals surface area (Å²) >= 11 is 0. The SMILES string of the molecule is CCc1ccc(C(C)NC(=O)C(C)n2cccn2)cc1. The van der Waals surface area contributed by atoms with Crippen molar-refractivity contribution >= 4 is 5.91 Å². The summed E-state index contributed by atoms with van der Waals surface area (Å²) < 4.78 is 1.65. The molecule has 2 rings (SSSR count). The standard InChI is InChI=1S/C16H21N3O/c1-4-14-6-8-15(9-7-14)12(2)18-16(20)13(3)19-11-5-10-17-19/h5-13H,4H2,1-3H3,(H,18,20). The fourth-order valence-corrected chi connectivity index (χ4v) is 2.09. The quantitative estimate of drug-likeness (QED) is 0.909. The van der Waals surface area contributed by atoms with E-state index >= 15 is 0 Å². The maximum absolute atomic E-state index is 12.2. The molecular formula is C16H21N3O. The molecule has 106 valence electrons. The first-order chi connectivity index (χ1) is 9.61. The summed E-state index contributed by atoms with van der Waals surface area (Å²) in [5, 5.41) is 7.12. The van der Waals surface area contributed by atoms with E-state index in [1.165, 1.54) is 5.56 Å². The van der Waals surface area contributed by atoms with E-state index < -0.39 is 0 Å². The van der Waals surface area contributed by atoms with Crippen LogP contribution in [0.1, 0.15) is 44.0 Å². The largest absolute Gasteiger partial charge is 0.348 e. The summed E-state index contributed by atoms with van der Waals surface area (Å²) in [6, 6.07) is 9.86. The van der Waals surface area contributed by atoms with Crippen LogP contribution in [0.4, 0.5) is 0 Å². The minimum atomic E-state index is -0.303. The van der Waals surface area contributed by atoms with Crippen LogP contribution >= 0.6 is 0 Å². The number of benzene rings is 1. The number of nitrogens with zero attached hydrogens (tertiary/aromatic N) is 2.